The van der Waals surface area contributed by atoms with Gasteiger partial charge in [-0.1, -0.05) is 11.6 Å². The van der Waals surface area contributed by atoms with E-state index in [1.54, 1.807) is 23.5 Å². The second-order valence-corrected chi connectivity index (χ2v) is 6.59. The van der Waals surface area contributed by atoms with Crippen molar-refractivity contribution >= 4 is 44.6 Å². The quantitative estimate of drug-likeness (QED) is 0.556. The molecule has 0 unspecified atom stereocenters. The molecule has 112 valence electrons. The third-order valence-electron chi connectivity index (χ3n) is 3.36. The van der Waals surface area contributed by atoms with Crippen molar-refractivity contribution in [2.75, 3.05) is 6.79 Å². The highest BCUT2D eigenvalue weighted by Crippen LogP contribution is 2.46. The van der Waals surface area contributed by atoms with Gasteiger partial charge in [0, 0.05) is 21.2 Å². The van der Waals surface area contributed by atoms with E-state index in [1.807, 2.05) is 24.3 Å². The van der Waals surface area contributed by atoms with Gasteiger partial charge in [-0.2, -0.15) is 0 Å². The van der Waals surface area contributed by atoms with Gasteiger partial charge in [0.2, 0.25) is 6.79 Å². The zero-order valence-corrected chi connectivity index (χ0v) is 13.6. The molecule has 22 heavy (non-hydrogen) atoms. The average molecular weight is 353 g/mol. The molecule has 3 nitrogen and oxygen atoms in total. The lowest BCUT2D eigenvalue weighted by Gasteiger charge is -2.07. The van der Waals surface area contributed by atoms with Gasteiger partial charge in [-0.3, -0.25) is 0 Å². The van der Waals surface area contributed by atoms with E-state index in [-0.39, 0.29) is 6.79 Å². The topological polar surface area (TPSA) is 27.7 Å². The summed E-state index contributed by atoms with van der Waals surface area (Å²) in [5.74, 6) is 3.35. The smallest absolute Gasteiger partial charge is 0.231 e. The van der Waals surface area contributed by atoms with Crippen molar-refractivity contribution in [3.8, 4) is 23.0 Å². The van der Waals surface area contributed by atoms with E-state index in [9.17, 15) is 0 Å². The molecule has 4 rings (SSSR count). The lowest BCUT2D eigenvalue weighted by atomic mass is 10.2. The molecule has 2 aromatic carbocycles. The van der Waals surface area contributed by atoms with Crippen LogP contribution in [0.25, 0.3) is 10.1 Å². The molecule has 2 heterocycles. The normalized spacial score (nSPS) is 12.8. The number of alkyl halides is 1. The second kappa shape index (κ2) is 5.54. The molecule has 1 aliphatic rings. The summed E-state index contributed by atoms with van der Waals surface area (Å²) in [7, 11) is 0. The van der Waals surface area contributed by atoms with E-state index >= 15 is 0 Å². The summed E-state index contributed by atoms with van der Waals surface area (Å²) in [4.78, 5) is 0.968. The van der Waals surface area contributed by atoms with Gasteiger partial charge in [0.1, 0.15) is 5.75 Å². The SMILES string of the molecule is ClCc1sc2cc3c(cc2c1Oc1ccc(Cl)cc1)OCO3. The number of rotatable bonds is 3. The summed E-state index contributed by atoms with van der Waals surface area (Å²) < 4.78 is 18.0. The predicted molar refractivity (Wildman–Crippen MR) is 89.0 cm³/mol. The highest BCUT2D eigenvalue weighted by atomic mass is 35.5. The molecule has 0 saturated carbocycles. The minimum absolute atomic E-state index is 0.252. The maximum atomic E-state index is 6.07. The maximum absolute atomic E-state index is 6.07. The van der Waals surface area contributed by atoms with Crippen molar-refractivity contribution in [2.24, 2.45) is 0 Å². The number of fused-ring (bicyclic) bond motifs is 2. The van der Waals surface area contributed by atoms with Crippen LogP contribution in [0, 0.1) is 0 Å². The summed E-state index contributed by atoms with van der Waals surface area (Å²) in [5, 5.41) is 1.64. The molecule has 1 aromatic heterocycles. The Morgan fingerprint density at radius 3 is 2.55 bits per heavy atom. The van der Waals surface area contributed by atoms with Crippen LogP contribution in [0.3, 0.4) is 0 Å². The highest BCUT2D eigenvalue weighted by Gasteiger charge is 2.20. The van der Waals surface area contributed by atoms with Crippen LogP contribution in [0.4, 0.5) is 0 Å². The van der Waals surface area contributed by atoms with Gasteiger partial charge in [-0.05, 0) is 30.3 Å². The minimum atomic E-state index is 0.252. The molecule has 0 fully saturated rings. The van der Waals surface area contributed by atoms with Crippen LogP contribution in [-0.2, 0) is 5.88 Å². The summed E-state index contributed by atoms with van der Waals surface area (Å²) in [6.45, 7) is 0.252. The van der Waals surface area contributed by atoms with Crippen molar-refractivity contribution in [1.29, 1.82) is 0 Å². The van der Waals surface area contributed by atoms with Crippen LogP contribution in [-0.4, -0.2) is 6.79 Å². The molecule has 0 saturated heterocycles. The van der Waals surface area contributed by atoms with Gasteiger partial charge in [0.05, 0.1) is 10.8 Å². The van der Waals surface area contributed by atoms with Crippen LogP contribution in [0.1, 0.15) is 4.88 Å². The van der Waals surface area contributed by atoms with Gasteiger partial charge in [0.15, 0.2) is 17.2 Å². The zero-order valence-electron chi connectivity index (χ0n) is 11.3. The fourth-order valence-corrected chi connectivity index (χ4v) is 3.74. The van der Waals surface area contributed by atoms with Gasteiger partial charge in [-0.25, -0.2) is 0 Å². The molecule has 1 aliphatic heterocycles. The Hall–Kier alpha value is -1.62. The van der Waals surface area contributed by atoms with E-state index < -0.39 is 0 Å². The number of hydrogen-bond acceptors (Lipinski definition) is 4. The monoisotopic (exact) mass is 352 g/mol. The Morgan fingerprint density at radius 1 is 1.09 bits per heavy atom. The van der Waals surface area contributed by atoms with Crippen LogP contribution in [0.2, 0.25) is 5.02 Å². The third-order valence-corrected chi connectivity index (χ3v) is 5.17. The Labute approximate surface area is 140 Å². The van der Waals surface area contributed by atoms with Gasteiger partial charge >= 0.3 is 0 Å². The van der Waals surface area contributed by atoms with Crippen molar-refractivity contribution in [1.82, 2.24) is 0 Å². The molecule has 6 heteroatoms. The second-order valence-electron chi connectivity index (χ2n) is 4.75. The Morgan fingerprint density at radius 2 is 1.82 bits per heavy atom. The number of ether oxygens (including phenoxy) is 3. The predicted octanol–water partition coefficient (Wildman–Crippen LogP) is 5.81. The maximum Gasteiger partial charge on any atom is 0.231 e. The van der Waals surface area contributed by atoms with Gasteiger partial charge < -0.3 is 14.2 Å². The fourth-order valence-electron chi connectivity index (χ4n) is 2.33. The molecule has 3 aromatic rings. The third kappa shape index (κ3) is 2.37. The zero-order chi connectivity index (χ0) is 15.1. The largest absolute Gasteiger partial charge is 0.455 e. The first-order valence-electron chi connectivity index (χ1n) is 6.59. The summed E-state index contributed by atoms with van der Waals surface area (Å²) in [6.07, 6.45) is 0. The summed E-state index contributed by atoms with van der Waals surface area (Å²) in [5.41, 5.74) is 0. The van der Waals surface area contributed by atoms with Crippen molar-refractivity contribution in [3.63, 3.8) is 0 Å². The Bertz CT molecular complexity index is 843. The molecule has 0 radical (unpaired) electrons. The standard InChI is InChI=1S/C16H10Cl2O3S/c17-7-15-16(21-10-3-1-9(18)2-4-10)11-5-12-13(20-8-19-12)6-14(11)22-15/h1-6H,7-8H2. The molecule has 0 aliphatic carbocycles. The molecule has 0 atom stereocenters. The number of benzene rings is 2. The van der Waals surface area contributed by atoms with E-state index in [1.165, 1.54) is 0 Å². The number of halogens is 2. The van der Waals surface area contributed by atoms with Crippen LogP contribution in [0.15, 0.2) is 36.4 Å². The lowest BCUT2D eigenvalue weighted by molar-refractivity contribution is 0.174. The van der Waals surface area contributed by atoms with Gasteiger partial charge in [-0.15, -0.1) is 22.9 Å². The Balaban J connectivity index is 1.82. The van der Waals surface area contributed by atoms with E-state index in [0.717, 1.165) is 32.2 Å². The highest BCUT2D eigenvalue weighted by molar-refractivity contribution is 7.19. The lowest BCUT2D eigenvalue weighted by Crippen LogP contribution is -1.92. The molecule has 0 amide bonds. The first-order valence-corrected chi connectivity index (χ1v) is 8.32. The van der Waals surface area contributed by atoms with E-state index in [4.69, 9.17) is 37.4 Å². The minimum Gasteiger partial charge on any atom is -0.455 e. The Kier molecular flexibility index (Phi) is 3.53. The van der Waals surface area contributed by atoms with Crippen LogP contribution >= 0.6 is 34.5 Å². The van der Waals surface area contributed by atoms with Crippen molar-refractivity contribution in [3.05, 3.63) is 46.3 Å². The first-order chi connectivity index (χ1) is 10.7. The summed E-state index contributed by atoms with van der Waals surface area (Å²) in [6, 6.07) is 11.1. The molecule has 0 N–H and O–H groups in total. The van der Waals surface area contributed by atoms with E-state index in [2.05, 4.69) is 0 Å². The van der Waals surface area contributed by atoms with Crippen molar-refractivity contribution in [2.45, 2.75) is 5.88 Å². The first kappa shape index (κ1) is 14.0. The average Bonchev–Trinajstić information content (AvgIpc) is 3.11. The molecule has 0 spiro atoms. The van der Waals surface area contributed by atoms with E-state index in [0.29, 0.717) is 16.7 Å². The summed E-state index contributed by atoms with van der Waals surface area (Å²) >= 11 is 13.6. The molecular formula is C16H10Cl2O3S. The van der Waals surface area contributed by atoms with Crippen LogP contribution < -0.4 is 14.2 Å². The number of thiophene rings is 1. The fraction of sp³-hybridized carbons (Fsp3) is 0.125. The molecular weight excluding hydrogens is 343 g/mol. The number of hydrogen-bond donors (Lipinski definition) is 0. The molecule has 0 bridgehead atoms. The van der Waals surface area contributed by atoms with Gasteiger partial charge in [0.25, 0.3) is 0 Å². The van der Waals surface area contributed by atoms with Crippen LogP contribution in [0.5, 0.6) is 23.0 Å². The van der Waals surface area contributed by atoms with Crippen molar-refractivity contribution < 1.29 is 14.2 Å².